The number of benzene rings is 1. The number of fused-ring (bicyclic) bond motifs is 2. The molecule has 0 radical (unpaired) electrons. The lowest BCUT2D eigenvalue weighted by Gasteiger charge is -2.40. The zero-order chi connectivity index (χ0) is 13.6. The first-order valence-electron chi connectivity index (χ1n) is 6.68. The monoisotopic (exact) mass is 294 g/mol. The van der Waals surface area contributed by atoms with Crippen molar-refractivity contribution in [3.05, 3.63) is 33.8 Å². The molecule has 3 rings (SSSR count). The second kappa shape index (κ2) is 4.98. The molecular formula is C15H16Cl2N2. The van der Waals surface area contributed by atoms with Gasteiger partial charge in [0.15, 0.2) is 0 Å². The van der Waals surface area contributed by atoms with Gasteiger partial charge in [-0.05, 0) is 44.0 Å². The maximum absolute atomic E-state index is 9.55. The molecule has 2 bridgehead atoms. The van der Waals surface area contributed by atoms with Gasteiger partial charge in [0.05, 0.1) is 22.0 Å². The summed E-state index contributed by atoms with van der Waals surface area (Å²) in [6, 6.07) is 9.32. The summed E-state index contributed by atoms with van der Waals surface area (Å²) < 4.78 is 0. The molecule has 1 unspecified atom stereocenters. The number of piperidine rings is 1. The highest BCUT2D eigenvalue weighted by Crippen LogP contribution is 2.46. The Morgan fingerprint density at radius 2 is 2.05 bits per heavy atom. The van der Waals surface area contributed by atoms with Gasteiger partial charge in [0.2, 0.25) is 0 Å². The Bertz CT molecular complexity index is 537. The molecule has 0 saturated carbocycles. The van der Waals surface area contributed by atoms with E-state index in [2.05, 4.69) is 18.0 Å². The summed E-state index contributed by atoms with van der Waals surface area (Å²) in [5, 5.41) is 10.7. The van der Waals surface area contributed by atoms with Crippen LogP contribution >= 0.6 is 23.2 Å². The van der Waals surface area contributed by atoms with E-state index in [4.69, 9.17) is 23.2 Å². The highest BCUT2D eigenvalue weighted by atomic mass is 35.5. The van der Waals surface area contributed by atoms with Crippen molar-refractivity contribution < 1.29 is 0 Å². The minimum absolute atomic E-state index is 0.0565. The van der Waals surface area contributed by atoms with E-state index in [9.17, 15) is 5.26 Å². The van der Waals surface area contributed by atoms with Crippen molar-refractivity contribution in [2.24, 2.45) is 5.92 Å². The molecule has 2 saturated heterocycles. The number of nitriles is 1. The molecule has 0 amide bonds. The van der Waals surface area contributed by atoms with E-state index < -0.39 is 0 Å². The van der Waals surface area contributed by atoms with Crippen molar-refractivity contribution in [3.63, 3.8) is 0 Å². The number of hydrogen-bond donors (Lipinski definition) is 0. The van der Waals surface area contributed by atoms with Crippen molar-refractivity contribution in [3.8, 4) is 6.07 Å². The zero-order valence-corrected chi connectivity index (χ0v) is 12.3. The Labute approximate surface area is 123 Å². The van der Waals surface area contributed by atoms with Crippen LogP contribution in [0.5, 0.6) is 0 Å². The first kappa shape index (κ1) is 13.2. The van der Waals surface area contributed by atoms with E-state index in [1.54, 1.807) is 0 Å². The second-order valence-electron chi connectivity index (χ2n) is 5.63. The Hall–Kier alpha value is -0.750. The molecule has 2 aliphatic rings. The average Bonchev–Trinajstić information content (AvgIpc) is 2.65. The van der Waals surface area contributed by atoms with Gasteiger partial charge in [-0.1, -0.05) is 29.3 Å². The van der Waals surface area contributed by atoms with Crippen molar-refractivity contribution in [1.29, 1.82) is 5.26 Å². The van der Waals surface area contributed by atoms with Crippen LogP contribution in [0.1, 0.15) is 30.7 Å². The lowest BCUT2D eigenvalue weighted by Crippen LogP contribution is -2.45. The minimum Gasteiger partial charge on any atom is -0.299 e. The van der Waals surface area contributed by atoms with Crippen molar-refractivity contribution >= 4 is 23.2 Å². The molecule has 2 nitrogen and oxygen atoms in total. The van der Waals surface area contributed by atoms with E-state index in [-0.39, 0.29) is 11.8 Å². The molecule has 2 heterocycles. The fraction of sp³-hybridized carbons (Fsp3) is 0.533. The summed E-state index contributed by atoms with van der Waals surface area (Å²) in [5.41, 5.74) is 1.16. The maximum atomic E-state index is 9.55. The average molecular weight is 295 g/mol. The molecule has 1 aromatic rings. The Balaban J connectivity index is 1.96. The summed E-state index contributed by atoms with van der Waals surface area (Å²) in [6.07, 6.45) is 3.39. The third kappa shape index (κ3) is 2.14. The predicted octanol–water partition coefficient (Wildman–Crippen LogP) is 4.08. The molecule has 19 heavy (non-hydrogen) atoms. The van der Waals surface area contributed by atoms with E-state index in [0.717, 1.165) is 18.4 Å². The number of halogens is 2. The topological polar surface area (TPSA) is 27.0 Å². The van der Waals surface area contributed by atoms with Crippen LogP contribution in [0.2, 0.25) is 10.0 Å². The van der Waals surface area contributed by atoms with Gasteiger partial charge in [-0.3, -0.25) is 4.90 Å². The van der Waals surface area contributed by atoms with E-state index in [1.165, 1.54) is 6.42 Å². The molecule has 1 aromatic carbocycles. The third-order valence-corrected chi connectivity index (χ3v) is 5.53. The van der Waals surface area contributed by atoms with Gasteiger partial charge in [0.25, 0.3) is 0 Å². The van der Waals surface area contributed by atoms with Crippen LogP contribution in [0.3, 0.4) is 0 Å². The number of rotatable bonds is 1. The van der Waals surface area contributed by atoms with Crippen LogP contribution < -0.4 is 0 Å². The van der Waals surface area contributed by atoms with Gasteiger partial charge in [0, 0.05) is 18.0 Å². The molecule has 0 aromatic heterocycles. The van der Waals surface area contributed by atoms with Gasteiger partial charge in [-0.25, -0.2) is 0 Å². The normalized spacial score (nSPS) is 34.2. The van der Waals surface area contributed by atoms with Crippen LogP contribution in [-0.4, -0.2) is 24.0 Å². The first-order chi connectivity index (χ1) is 9.11. The minimum atomic E-state index is 0.0565. The molecule has 2 fully saturated rings. The summed E-state index contributed by atoms with van der Waals surface area (Å²) in [6.45, 7) is 0. The molecule has 4 atom stereocenters. The summed E-state index contributed by atoms with van der Waals surface area (Å²) >= 11 is 12.1. The first-order valence-corrected chi connectivity index (χ1v) is 7.44. The lowest BCUT2D eigenvalue weighted by atomic mass is 9.77. The van der Waals surface area contributed by atoms with Crippen LogP contribution in [0.15, 0.2) is 18.2 Å². The van der Waals surface area contributed by atoms with Crippen LogP contribution in [0.25, 0.3) is 0 Å². The SMILES string of the molecule is CN1C2CC[C@@H]1[C@H](C#N)[C@@H](c1ccc(Cl)c(Cl)c1)C2. The molecule has 2 aliphatic heterocycles. The fourth-order valence-electron chi connectivity index (χ4n) is 3.73. The highest BCUT2D eigenvalue weighted by Gasteiger charge is 2.46. The second-order valence-corrected chi connectivity index (χ2v) is 6.45. The summed E-state index contributed by atoms with van der Waals surface area (Å²) in [7, 11) is 2.15. The van der Waals surface area contributed by atoms with Crippen LogP contribution in [0, 0.1) is 17.2 Å². The van der Waals surface area contributed by atoms with Gasteiger partial charge >= 0.3 is 0 Å². The van der Waals surface area contributed by atoms with Crippen LogP contribution in [-0.2, 0) is 0 Å². The Morgan fingerprint density at radius 1 is 1.26 bits per heavy atom. The smallest absolute Gasteiger partial charge is 0.0687 e. The lowest BCUT2D eigenvalue weighted by molar-refractivity contribution is 0.127. The van der Waals surface area contributed by atoms with Crippen molar-refractivity contribution in [2.75, 3.05) is 7.05 Å². The summed E-state index contributed by atoms with van der Waals surface area (Å²) in [5.74, 6) is 0.342. The quantitative estimate of drug-likeness (QED) is 0.780. The Morgan fingerprint density at radius 3 is 2.74 bits per heavy atom. The van der Waals surface area contributed by atoms with E-state index >= 15 is 0 Å². The van der Waals surface area contributed by atoms with E-state index in [0.29, 0.717) is 22.1 Å². The Kier molecular flexibility index (Phi) is 3.47. The predicted molar refractivity (Wildman–Crippen MR) is 77.5 cm³/mol. The molecule has 4 heteroatoms. The maximum Gasteiger partial charge on any atom is 0.0687 e. The summed E-state index contributed by atoms with van der Waals surface area (Å²) in [4.78, 5) is 2.39. The molecule has 100 valence electrons. The highest BCUT2D eigenvalue weighted by molar-refractivity contribution is 6.42. The number of hydrogen-bond acceptors (Lipinski definition) is 2. The third-order valence-electron chi connectivity index (χ3n) is 4.79. The van der Waals surface area contributed by atoms with Gasteiger partial charge in [0.1, 0.15) is 0 Å². The van der Waals surface area contributed by atoms with E-state index in [1.807, 2.05) is 18.2 Å². The molecule has 0 N–H and O–H groups in total. The molecule has 0 spiro atoms. The largest absolute Gasteiger partial charge is 0.299 e. The standard InChI is InChI=1S/C15H16Cl2N2/c1-19-10-3-5-15(19)12(8-18)11(7-10)9-2-4-13(16)14(17)6-9/h2,4,6,10-12,15H,3,5,7H2,1H3/t10?,11-,12-,15-/m1/s1. The van der Waals surface area contributed by atoms with Gasteiger partial charge in [-0.15, -0.1) is 0 Å². The van der Waals surface area contributed by atoms with Gasteiger partial charge < -0.3 is 0 Å². The van der Waals surface area contributed by atoms with Gasteiger partial charge in [-0.2, -0.15) is 5.26 Å². The molecular weight excluding hydrogens is 279 g/mol. The number of nitrogens with zero attached hydrogens (tertiary/aromatic N) is 2. The van der Waals surface area contributed by atoms with Crippen molar-refractivity contribution in [1.82, 2.24) is 4.90 Å². The fourth-order valence-corrected chi connectivity index (χ4v) is 4.04. The van der Waals surface area contributed by atoms with Crippen molar-refractivity contribution in [2.45, 2.75) is 37.3 Å². The zero-order valence-electron chi connectivity index (χ0n) is 10.8. The molecule has 0 aliphatic carbocycles. The van der Waals surface area contributed by atoms with Crippen LogP contribution in [0.4, 0.5) is 0 Å².